The van der Waals surface area contributed by atoms with Crippen molar-refractivity contribution in [1.29, 1.82) is 0 Å². The molecule has 0 N–H and O–H groups in total. The van der Waals surface area contributed by atoms with Crippen molar-refractivity contribution in [3.8, 4) is 0 Å². The maximum Gasteiger partial charge on any atom is 0.344 e. The van der Waals surface area contributed by atoms with E-state index in [-0.39, 0.29) is 23.5 Å². The lowest BCUT2D eigenvalue weighted by atomic mass is 9.83. The van der Waals surface area contributed by atoms with E-state index in [2.05, 4.69) is 40.9 Å². The van der Waals surface area contributed by atoms with Gasteiger partial charge in [-0.05, 0) is 30.6 Å². The van der Waals surface area contributed by atoms with Gasteiger partial charge in [-0.3, -0.25) is 0 Å². The third-order valence-corrected chi connectivity index (χ3v) is 4.49. The molecule has 1 saturated carbocycles. The van der Waals surface area contributed by atoms with Crippen LogP contribution in [0.4, 0.5) is 0 Å². The van der Waals surface area contributed by atoms with Gasteiger partial charge in [-0.25, -0.2) is 9.59 Å². The average Bonchev–Trinajstić information content (AvgIpc) is 2.81. The molecule has 0 heterocycles. The molecular formula is C19H30O5. The van der Waals surface area contributed by atoms with E-state index in [1.165, 1.54) is 0 Å². The van der Waals surface area contributed by atoms with Gasteiger partial charge in [0.2, 0.25) is 0 Å². The van der Waals surface area contributed by atoms with Crippen LogP contribution in [0, 0.1) is 11.3 Å². The minimum Gasteiger partial charge on any atom is -0.456 e. The predicted octanol–water partition coefficient (Wildman–Crippen LogP) is 3.44. The molecule has 1 aliphatic carbocycles. The number of ether oxygens (including phenoxy) is 3. The van der Waals surface area contributed by atoms with Crippen LogP contribution in [-0.2, 0) is 23.8 Å². The van der Waals surface area contributed by atoms with Gasteiger partial charge in [-0.15, -0.1) is 6.58 Å². The van der Waals surface area contributed by atoms with Crippen molar-refractivity contribution in [2.45, 2.75) is 52.6 Å². The molecule has 1 aliphatic rings. The molecular weight excluding hydrogens is 308 g/mol. The van der Waals surface area contributed by atoms with Crippen molar-refractivity contribution in [2.24, 2.45) is 11.3 Å². The number of carbonyl (C=O) groups is 2. The van der Waals surface area contributed by atoms with E-state index in [4.69, 9.17) is 14.2 Å². The SMILES string of the molecule is C=CCOCC(=C)C(=O)OCC(=O)OC1(C(C)C)CCC(C)(C)C1. The zero-order valence-electron chi connectivity index (χ0n) is 15.4. The van der Waals surface area contributed by atoms with Gasteiger partial charge in [0.05, 0.1) is 18.8 Å². The molecule has 0 aromatic carbocycles. The van der Waals surface area contributed by atoms with Crippen molar-refractivity contribution < 1.29 is 23.8 Å². The average molecular weight is 338 g/mol. The summed E-state index contributed by atoms with van der Waals surface area (Å²) in [4.78, 5) is 23.9. The number of hydrogen-bond donors (Lipinski definition) is 0. The molecule has 0 radical (unpaired) electrons. The van der Waals surface area contributed by atoms with Crippen molar-refractivity contribution >= 4 is 11.9 Å². The van der Waals surface area contributed by atoms with Crippen molar-refractivity contribution in [3.63, 3.8) is 0 Å². The first kappa shape index (κ1) is 20.4. The standard InChI is InChI=1S/C19H30O5/c1-7-10-22-11-15(4)17(21)23-12-16(20)24-19(14(2)3)9-8-18(5,6)13-19/h7,14H,1,4,8-13H2,2-3,5-6H3. The lowest BCUT2D eigenvalue weighted by Crippen LogP contribution is -2.40. The highest BCUT2D eigenvalue weighted by Gasteiger charge is 2.48. The van der Waals surface area contributed by atoms with E-state index in [1.54, 1.807) is 6.08 Å². The number of esters is 2. The molecule has 0 bridgehead atoms. The maximum atomic E-state index is 12.1. The molecule has 1 atom stereocenters. The largest absolute Gasteiger partial charge is 0.456 e. The quantitative estimate of drug-likeness (QED) is 0.279. The summed E-state index contributed by atoms with van der Waals surface area (Å²) in [6.45, 7) is 15.5. The molecule has 0 amide bonds. The first-order valence-electron chi connectivity index (χ1n) is 8.37. The Morgan fingerprint density at radius 1 is 1.21 bits per heavy atom. The molecule has 0 aliphatic heterocycles. The molecule has 5 heteroatoms. The van der Waals surface area contributed by atoms with Crippen LogP contribution in [0.25, 0.3) is 0 Å². The molecule has 5 nitrogen and oxygen atoms in total. The van der Waals surface area contributed by atoms with Gasteiger partial charge < -0.3 is 14.2 Å². The van der Waals surface area contributed by atoms with Gasteiger partial charge in [0.1, 0.15) is 5.60 Å². The Labute approximate surface area is 145 Å². The Bertz CT molecular complexity index is 492. The highest BCUT2D eigenvalue weighted by atomic mass is 16.6. The number of hydrogen-bond acceptors (Lipinski definition) is 5. The van der Waals surface area contributed by atoms with E-state index >= 15 is 0 Å². The second-order valence-corrected chi connectivity index (χ2v) is 7.52. The van der Waals surface area contributed by atoms with Crippen LogP contribution in [-0.4, -0.2) is 37.4 Å². The van der Waals surface area contributed by atoms with Crippen LogP contribution in [0.2, 0.25) is 0 Å². The zero-order valence-corrected chi connectivity index (χ0v) is 15.4. The Balaban J connectivity index is 2.49. The lowest BCUT2D eigenvalue weighted by Gasteiger charge is -2.34. The van der Waals surface area contributed by atoms with Gasteiger partial charge in [0.25, 0.3) is 0 Å². The summed E-state index contributed by atoms with van der Waals surface area (Å²) < 4.78 is 15.8. The van der Waals surface area contributed by atoms with E-state index in [0.29, 0.717) is 6.61 Å². The first-order valence-corrected chi connectivity index (χ1v) is 8.37. The lowest BCUT2D eigenvalue weighted by molar-refractivity contribution is -0.173. The molecule has 24 heavy (non-hydrogen) atoms. The zero-order chi connectivity index (χ0) is 18.4. The smallest absolute Gasteiger partial charge is 0.344 e. The van der Waals surface area contributed by atoms with Crippen molar-refractivity contribution in [3.05, 3.63) is 24.8 Å². The van der Waals surface area contributed by atoms with Gasteiger partial charge in [-0.1, -0.05) is 40.3 Å². The fourth-order valence-corrected chi connectivity index (χ4v) is 3.04. The van der Waals surface area contributed by atoms with Gasteiger partial charge in [0.15, 0.2) is 6.61 Å². The molecule has 1 unspecified atom stereocenters. The van der Waals surface area contributed by atoms with Crippen LogP contribution in [0.5, 0.6) is 0 Å². The van der Waals surface area contributed by atoms with Crippen LogP contribution >= 0.6 is 0 Å². The molecule has 136 valence electrons. The number of carbonyl (C=O) groups excluding carboxylic acids is 2. The summed E-state index contributed by atoms with van der Waals surface area (Å²) in [5.74, 6) is -0.961. The van der Waals surface area contributed by atoms with E-state index in [0.717, 1.165) is 19.3 Å². The minimum absolute atomic E-state index is 0.0457. The van der Waals surface area contributed by atoms with Crippen LogP contribution in [0.15, 0.2) is 24.8 Å². The molecule has 0 spiro atoms. The molecule has 1 fully saturated rings. The Kier molecular flexibility index (Phi) is 7.21. The van der Waals surface area contributed by atoms with E-state index in [1.807, 2.05) is 0 Å². The first-order chi connectivity index (χ1) is 11.1. The van der Waals surface area contributed by atoms with E-state index < -0.39 is 24.1 Å². The van der Waals surface area contributed by atoms with Gasteiger partial charge >= 0.3 is 11.9 Å². The minimum atomic E-state index is -0.652. The van der Waals surface area contributed by atoms with Crippen LogP contribution in [0.3, 0.4) is 0 Å². The van der Waals surface area contributed by atoms with Crippen LogP contribution in [0.1, 0.15) is 47.0 Å². The summed E-state index contributed by atoms with van der Waals surface area (Å²) in [6, 6.07) is 0. The highest BCUT2D eigenvalue weighted by molar-refractivity contribution is 5.89. The third kappa shape index (κ3) is 5.78. The fourth-order valence-electron chi connectivity index (χ4n) is 3.04. The normalized spacial score (nSPS) is 22.2. The van der Waals surface area contributed by atoms with Crippen molar-refractivity contribution in [2.75, 3.05) is 19.8 Å². The Morgan fingerprint density at radius 2 is 1.88 bits per heavy atom. The van der Waals surface area contributed by atoms with Gasteiger partial charge in [-0.2, -0.15) is 0 Å². The summed E-state index contributed by atoms with van der Waals surface area (Å²) in [6.07, 6.45) is 4.24. The molecule has 0 aromatic rings. The molecule has 0 saturated heterocycles. The number of rotatable bonds is 9. The van der Waals surface area contributed by atoms with Crippen molar-refractivity contribution in [1.82, 2.24) is 0 Å². The van der Waals surface area contributed by atoms with E-state index in [9.17, 15) is 9.59 Å². The Morgan fingerprint density at radius 3 is 2.38 bits per heavy atom. The Hall–Kier alpha value is -1.62. The topological polar surface area (TPSA) is 61.8 Å². The summed E-state index contributed by atoms with van der Waals surface area (Å²) in [5.41, 5.74) is -0.167. The second kappa shape index (κ2) is 8.47. The molecule has 1 rings (SSSR count). The third-order valence-electron chi connectivity index (χ3n) is 4.49. The summed E-state index contributed by atoms with van der Waals surface area (Å²) in [7, 11) is 0. The summed E-state index contributed by atoms with van der Waals surface area (Å²) >= 11 is 0. The van der Waals surface area contributed by atoms with Crippen LogP contribution < -0.4 is 0 Å². The second-order valence-electron chi connectivity index (χ2n) is 7.52. The van der Waals surface area contributed by atoms with Gasteiger partial charge in [0, 0.05) is 0 Å². The summed E-state index contributed by atoms with van der Waals surface area (Å²) in [5, 5.41) is 0. The molecule has 0 aromatic heterocycles. The predicted molar refractivity (Wildman–Crippen MR) is 92.4 cm³/mol. The fraction of sp³-hybridized carbons (Fsp3) is 0.684. The maximum absolute atomic E-state index is 12.1. The monoisotopic (exact) mass is 338 g/mol. The highest BCUT2D eigenvalue weighted by Crippen LogP contribution is 2.49.